The summed E-state index contributed by atoms with van der Waals surface area (Å²) in [6.45, 7) is 0. The zero-order valence-corrected chi connectivity index (χ0v) is 8.43. The third-order valence-corrected chi connectivity index (χ3v) is 1.93. The Morgan fingerprint density at radius 3 is 2.86 bits per heavy atom. The Balaban J connectivity index is 3.27. The van der Waals surface area contributed by atoms with E-state index in [1.807, 2.05) is 0 Å². The highest BCUT2D eigenvalue weighted by Gasteiger charge is 2.09. The number of nitrogens with two attached hydrogens (primary N) is 1. The van der Waals surface area contributed by atoms with Crippen LogP contribution in [0.2, 0.25) is 0 Å². The maximum absolute atomic E-state index is 10.4. The molecule has 4 nitrogen and oxygen atoms in total. The van der Waals surface area contributed by atoms with Gasteiger partial charge in [0.15, 0.2) is 0 Å². The zero-order valence-electron chi connectivity index (χ0n) is 7.61. The standard InChI is InChI=1S/C9H10N2O2S/c1-13-7-4-2-3-6(9(10)14)8(7)11-5-12/h2-5H,1H3,(H2,10,14)(H,11,12). The average Bonchev–Trinajstić information content (AvgIpc) is 2.18. The van der Waals surface area contributed by atoms with Gasteiger partial charge >= 0.3 is 0 Å². The van der Waals surface area contributed by atoms with Crippen molar-refractivity contribution in [3.05, 3.63) is 23.8 Å². The van der Waals surface area contributed by atoms with Crippen LogP contribution in [-0.2, 0) is 4.79 Å². The van der Waals surface area contributed by atoms with Crippen molar-refractivity contribution in [3.8, 4) is 5.75 Å². The number of nitrogens with one attached hydrogen (secondary N) is 1. The fourth-order valence-electron chi connectivity index (χ4n) is 1.11. The van der Waals surface area contributed by atoms with Crippen LogP contribution < -0.4 is 15.8 Å². The van der Waals surface area contributed by atoms with Crippen LogP contribution in [0.1, 0.15) is 5.56 Å². The highest BCUT2D eigenvalue weighted by molar-refractivity contribution is 7.80. The maximum Gasteiger partial charge on any atom is 0.211 e. The Kier molecular flexibility index (Phi) is 3.41. The smallest absolute Gasteiger partial charge is 0.211 e. The molecule has 0 aliphatic heterocycles. The molecule has 0 heterocycles. The van der Waals surface area contributed by atoms with Crippen LogP contribution in [0.5, 0.6) is 5.75 Å². The molecular formula is C9H10N2O2S. The highest BCUT2D eigenvalue weighted by atomic mass is 32.1. The van der Waals surface area contributed by atoms with Gasteiger partial charge in [-0.2, -0.15) is 0 Å². The van der Waals surface area contributed by atoms with Gasteiger partial charge in [0.1, 0.15) is 10.7 Å². The number of benzene rings is 1. The number of methoxy groups -OCH3 is 1. The van der Waals surface area contributed by atoms with Crippen molar-refractivity contribution >= 4 is 29.3 Å². The Labute approximate surface area is 87.0 Å². The second kappa shape index (κ2) is 4.57. The zero-order chi connectivity index (χ0) is 10.6. The Bertz CT molecular complexity index is 366. The summed E-state index contributed by atoms with van der Waals surface area (Å²) in [5.41, 5.74) is 6.58. The van der Waals surface area contributed by atoms with E-state index in [4.69, 9.17) is 22.7 Å². The quantitative estimate of drug-likeness (QED) is 0.572. The van der Waals surface area contributed by atoms with Crippen LogP contribution in [-0.4, -0.2) is 18.5 Å². The minimum absolute atomic E-state index is 0.216. The Morgan fingerprint density at radius 1 is 1.64 bits per heavy atom. The first-order valence-corrected chi connectivity index (χ1v) is 4.28. The first-order chi connectivity index (χ1) is 6.70. The maximum atomic E-state index is 10.4. The van der Waals surface area contributed by atoms with Gasteiger partial charge < -0.3 is 15.8 Å². The minimum atomic E-state index is 0.216. The number of amides is 1. The fraction of sp³-hybridized carbons (Fsp3) is 0.111. The second-order valence-corrected chi connectivity index (χ2v) is 2.95. The predicted molar refractivity (Wildman–Crippen MR) is 58.6 cm³/mol. The van der Waals surface area contributed by atoms with Crippen molar-refractivity contribution in [2.24, 2.45) is 5.73 Å². The molecule has 0 aliphatic rings. The van der Waals surface area contributed by atoms with Crippen LogP contribution in [0.3, 0.4) is 0 Å². The Morgan fingerprint density at radius 2 is 2.36 bits per heavy atom. The van der Waals surface area contributed by atoms with Gasteiger partial charge in [-0.1, -0.05) is 18.3 Å². The van der Waals surface area contributed by atoms with E-state index in [-0.39, 0.29) is 4.99 Å². The number of carbonyl (C=O) groups is 1. The van der Waals surface area contributed by atoms with E-state index in [0.717, 1.165) is 0 Å². The van der Waals surface area contributed by atoms with E-state index < -0.39 is 0 Å². The second-order valence-electron chi connectivity index (χ2n) is 2.51. The summed E-state index contributed by atoms with van der Waals surface area (Å²) in [6, 6.07) is 5.19. The van der Waals surface area contributed by atoms with Crippen molar-refractivity contribution in [1.29, 1.82) is 0 Å². The van der Waals surface area contributed by atoms with Gasteiger partial charge in [0, 0.05) is 5.56 Å². The summed E-state index contributed by atoms with van der Waals surface area (Å²) in [4.78, 5) is 10.6. The van der Waals surface area contributed by atoms with Gasteiger partial charge in [0.2, 0.25) is 6.41 Å². The molecule has 0 radical (unpaired) electrons. The van der Waals surface area contributed by atoms with E-state index >= 15 is 0 Å². The van der Waals surface area contributed by atoms with E-state index in [1.165, 1.54) is 7.11 Å². The number of carbonyl (C=O) groups excluding carboxylic acids is 1. The molecule has 1 amide bonds. The molecule has 0 aromatic heterocycles. The lowest BCUT2D eigenvalue weighted by molar-refractivity contribution is -0.105. The first kappa shape index (κ1) is 10.5. The monoisotopic (exact) mass is 210 g/mol. The van der Waals surface area contributed by atoms with Crippen LogP contribution in [0.25, 0.3) is 0 Å². The summed E-state index contributed by atoms with van der Waals surface area (Å²) in [5, 5.41) is 2.50. The molecule has 0 spiro atoms. The van der Waals surface area contributed by atoms with Gasteiger partial charge in [0.25, 0.3) is 0 Å². The van der Waals surface area contributed by atoms with E-state index in [9.17, 15) is 4.79 Å². The van der Waals surface area contributed by atoms with Gasteiger partial charge in [-0.05, 0) is 12.1 Å². The highest BCUT2D eigenvalue weighted by Crippen LogP contribution is 2.27. The third-order valence-electron chi connectivity index (χ3n) is 1.71. The van der Waals surface area contributed by atoms with Crippen molar-refractivity contribution in [2.75, 3.05) is 12.4 Å². The van der Waals surface area contributed by atoms with Crippen LogP contribution in [0, 0.1) is 0 Å². The van der Waals surface area contributed by atoms with Crippen molar-refractivity contribution < 1.29 is 9.53 Å². The normalized spacial score (nSPS) is 9.21. The van der Waals surface area contributed by atoms with E-state index in [2.05, 4.69) is 5.32 Å². The molecule has 0 aliphatic carbocycles. The average molecular weight is 210 g/mol. The van der Waals surface area contributed by atoms with Gasteiger partial charge in [0.05, 0.1) is 12.8 Å². The minimum Gasteiger partial charge on any atom is -0.495 e. The molecule has 5 heteroatoms. The molecule has 0 saturated carbocycles. The lowest BCUT2D eigenvalue weighted by Gasteiger charge is -2.11. The topological polar surface area (TPSA) is 64.3 Å². The molecule has 0 fully saturated rings. The number of para-hydroxylation sites is 1. The fourth-order valence-corrected chi connectivity index (χ4v) is 1.28. The summed E-state index contributed by atoms with van der Waals surface area (Å²) >= 11 is 4.84. The molecule has 74 valence electrons. The van der Waals surface area contributed by atoms with Crippen LogP contribution >= 0.6 is 12.2 Å². The summed E-state index contributed by atoms with van der Waals surface area (Å²) in [5.74, 6) is 0.530. The van der Waals surface area contributed by atoms with Gasteiger partial charge in [-0.25, -0.2) is 0 Å². The van der Waals surface area contributed by atoms with Crippen molar-refractivity contribution in [2.45, 2.75) is 0 Å². The molecule has 0 bridgehead atoms. The SMILES string of the molecule is COc1cccc(C(N)=S)c1NC=O. The number of thiocarbonyl (C=S) groups is 1. The number of hydrogen-bond donors (Lipinski definition) is 2. The summed E-state index contributed by atoms with van der Waals surface area (Å²) < 4.78 is 5.05. The molecule has 3 N–H and O–H groups in total. The van der Waals surface area contributed by atoms with Crippen molar-refractivity contribution in [3.63, 3.8) is 0 Å². The van der Waals surface area contributed by atoms with E-state index in [1.54, 1.807) is 18.2 Å². The first-order valence-electron chi connectivity index (χ1n) is 3.87. The third kappa shape index (κ3) is 2.00. The molecule has 14 heavy (non-hydrogen) atoms. The van der Waals surface area contributed by atoms with Crippen LogP contribution in [0.4, 0.5) is 5.69 Å². The summed E-state index contributed by atoms with van der Waals surface area (Å²) in [7, 11) is 1.51. The Hall–Kier alpha value is -1.62. The molecule has 1 aromatic rings. The molecule has 1 aromatic carbocycles. The number of ether oxygens (including phenoxy) is 1. The number of anilines is 1. The molecule has 0 unspecified atom stereocenters. The number of rotatable bonds is 4. The van der Waals surface area contributed by atoms with E-state index in [0.29, 0.717) is 23.4 Å². The van der Waals surface area contributed by atoms with Gasteiger partial charge in [-0.15, -0.1) is 0 Å². The molecule has 0 saturated heterocycles. The lowest BCUT2D eigenvalue weighted by atomic mass is 10.1. The lowest BCUT2D eigenvalue weighted by Crippen LogP contribution is -2.13. The molecule has 0 atom stereocenters. The molecular weight excluding hydrogens is 200 g/mol. The number of hydrogen-bond acceptors (Lipinski definition) is 3. The van der Waals surface area contributed by atoms with Crippen LogP contribution in [0.15, 0.2) is 18.2 Å². The summed E-state index contributed by atoms with van der Waals surface area (Å²) in [6.07, 6.45) is 0.555. The molecule has 1 rings (SSSR count). The van der Waals surface area contributed by atoms with Gasteiger partial charge in [-0.3, -0.25) is 4.79 Å². The predicted octanol–water partition coefficient (Wildman–Crippen LogP) is 0.898. The largest absolute Gasteiger partial charge is 0.495 e. The van der Waals surface area contributed by atoms with Crippen molar-refractivity contribution in [1.82, 2.24) is 0 Å².